The summed E-state index contributed by atoms with van der Waals surface area (Å²) >= 11 is 0. The first-order chi connectivity index (χ1) is 7.29. The van der Waals surface area contributed by atoms with Crippen molar-refractivity contribution in [3.63, 3.8) is 0 Å². The number of hydrogen-bond acceptors (Lipinski definition) is 2. The maximum atomic E-state index is 4.24. The molecule has 2 heteroatoms. The van der Waals surface area contributed by atoms with Crippen molar-refractivity contribution in [3.05, 3.63) is 29.6 Å². The Morgan fingerprint density at radius 2 is 2.27 bits per heavy atom. The van der Waals surface area contributed by atoms with Crippen LogP contribution in [0.4, 0.5) is 0 Å². The standard InChI is InChI=1S/C13H20N2/c1-3-8-15(13-4-5-13)10-12-6-7-14-11(2)9-12/h6-7,9,13H,3-5,8,10H2,1-2H3. The van der Waals surface area contributed by atoms with Gasteiger partial charge in [0.2, 0.25) is 0 Å². The lowest BCUT2D eigenvalue weighted by Crippen LogP contribution is -2.26. The van der Waals surface area contributed by atoms with Gasteiger partial charge < -0.3 is 0 Å². The van der Waals surface area contributed by atoms with Crippen molar-refractivity contribution in [2.24, 2.45) is 0 Å². The highest BCUT2D eigenvalue weighted by Crippen LogP contribution is 2.28. The van der Waals surface area contributed by atoms with Crippen molar-refractivity contribution in [1.29, 1.82) is 0 Å². The zero-order valence-corrected chi connectivity index (χ0v) is 9.74. The third kappa shape index (κ3) is 3.03. The van der Waals surface area contributed by atoms with Gasteiger partial charge in [0.05, 0.1) is 0 Å². The molecule has 0 spiro atoms. The molecule has 1 aliphatic rings. The van der Waals surface area contributed by atoms with E-state index in [1.54, 1.807) is 0 Å². The molecule has 1 aromatic heterocycles. The summed E-state index contributed by atoms with van der Waals surface area (Å²) in [5.41, 5.74) is 2.53. The van der Waals surface area contributed by atoms with E-state index < -0.39 is 0 Å². The lowest BCUT2D eigenvalue weighted by molar-refractivity contribution is 0.255. The number of nitrogens with zero attached hydrogens (tertiary/aromatic N) is 2. The second-order valence-corrected chi connectivity index (χ2v) is 4.51. The average molecular weight is 204 g/mol. The van der Waals surface area contributed by atoms with Gasteiger partial charge in [-0.15, -0.1) is 0 Å². The summed E-state index contributed by atoms with van der Waals surface area (Å²) in [6.45, 7) is 6.64. The van der Waals surface area contributed by atoms with Gasteiger partial charge in [-0.1, -0.05) is 6.92 Å². The highest BCUT2D eigenvalue weighted by atomic mass is 15.2. The second-order valence-electron chi connectivity index (χ2n) is 4.51. The van der Waals surface area contributed by atoms with Gasteiger partial charge in [0.1, 0.15) is 0 Å². The summed E-state index contributed by atoms with van der Waals surface area (Å²) in [7, 11) is 0. The Kier molecular flexibility index (Phi) is 3.37. The fourth-order valence-electron chi connectivity index (χ4n) is 2.05. The molecule has 0 aromatic carbocycles. The Bertz CT molecular complexity index is 318. The van der Waals surface area contributed by atoms with Crippen molar-refractivity contribution in [3.8, 4) is 0 Å². The predicted octanol–water partition coefficient (Wildman–Crippen LogP) is 2.76. The highest BCUT2D eigenvalue weighted by Gasteiger charge is 2.28. The van der Waals surface area contributed by atoms with E-state index in [1.807, 2.05) is 6.20 Å². The monoisotopic (exact) mass is 204 g/mol. The van der Waals surface area contributed by atoms with E-state index >= 15 is 0 Å². The van der Waals surface area contributed by atoms with Crippen molar-refractivity contribution < 1.29 is 0 Å². The summed E-state index contributed by atoms with van der Waals surface area (Å²) in [6.07, 6.45) is 5.95. The number of pyridine rings is 1. The minimum Gasteiger partial charge on any atom is -0.296 e. The molecule has 1 aliphatic carbocycles. The van der Waals surface area contributed by atoms with E-state index in [-0.39, 0.29) is 0 Å². The van der Waals surface area contributed by atoms with Crippen LogP contribution in [0, 0.1) is 6.92 Å². The molecule has 1 fully saturated rings. The molecule has 0 amide bonds. The maximum absolute atomic E-state index is 4.24. The first-order valence-corrected chi connectivity index (χ1v) is 5.95. The van der Waals surface area contributed by atoms with Crippen LogP contribution in [0.25, 0.3) is 0 Å². The van der Waals surface area contributed by atoms with Crippen LogP contribution < -0.4 is 0 Å². The fraction of sp³-hybridized carbons (Fsp3) is 0.615. The Balaban J connectivity index is 1.98. The topological polar surface area (TPSA) is 16.1 Å². The van der Waals surface area contributed by atoms with E-state index in [1.165, 1.54) is 31.4 Å². The summed E-state index contributed by atoms with van der Waals surface area (Å²) < 4.78 is 0. The lowest BCUT2D eigenvalue weighted by Gasteiger charge is -2.21. The molecule has 1 heterocycles. The van der Waals surface area contributed by atoms with E-state index in [0.29, 0.717) is 0 Å². The Hall–Kier alpha value is -0.890. The zero-order valence-electron chi connectivity index (χ0n) is 9.74. The van der Waals surface area contributed by atoms with E-state index in [9.17, 15) is 0 Å². The Labute approximate surface area is 92.3 Å². The summed E-state index contributed by atoms with van der Waals surface area (Å²) in [4.78, 5) is 6.84. The van der Waals surface area contributed by atoms with Gasteiger partial charge >= 0.3 is 0 Å². The molecule has 2 nitrogen and oxygen atoms in total. The minimum atomic E-state index is 0.860. The van der Waals surface area contributed by atoms with Crippen molar-refractivity contribution in [2.45, 2.75) is 45.7 Å². The van der Waals surface area contributed by atoms with E-state index in [4.69, 9.17) is 0 Å². The molecule has 0 radical (unpaired) electrons. The maximum Gasteiger partial charge on any atom is 0.0375 e. The van der Waals surface area contributed by atoms with Crippen molar-refractivity contribution >= 4 is 0 Å². The number of aromatic nitrogens is 1. The molecule has 0 unspecified atom stereocenters. The van der Waals surface area contributed by atoms with E-state index in [0.717, 1.165) is 18.3 Å². The number of aryl methyl sites for hydroxylation is 1. The minimum absolute atomic E-state index is 0.860. The third-order valence-corrected chi connectivity index (χ3v) is 2.92. The van der Waals surface area contributed by atoms with Gasteiger partial charge in [0, 0.05) is 24.5 Å². The van der Waals surface area contributed by atoms with Crippen LogP contribution in [0.15, 0.2) is 18.3 Å². The molecular weight excluding hydrogens is 184 g/mol. The van der Waals surface area contributed by atoms with Crippen LogP contribution in [0.2, 0.25) is 0 Å². The van der Waals surface area contributed by atoms with Gasteiger partial charge in [-0.3, -0.25) is 9.88 Å². The number of hydrogen-bond donors (Lipinski definition) is 0. The summed E-state index contributed by atoms with van der Waals surface area (Å²) in [6, 6.07) is 5.20. The lowest BCUT2D eigenvalue weighted by atomic mass is 10.2. The molecule has 82 valence electrons. The normalized spacial score (nSPS) is 15.9. The SMILES string of the molecule is CCCN(Cc1ccnc(C)c1)C1CC1. The van der Waals surface area contributed by atoms with Crippen LogP contribution in [0.5, 0.6) is 0 Å². The summed E-state index contributed by atoms with van der Waals surface area (Å²) in [5.74, 6) is 0. The molecule has 0 saturated heterocycles. The molecule has 2 rings (SSSR count). The first kappa shape index (κ1) is 10.6. The van der Waals surface area contributed by atoms with Crippen LogP contribution >= 0.6 is 0 Å². The predicted molar refractivity (Wildman–Crippen MR) is 62.7 cm³/mol. The molecule has 15 heavy (non-hydrogen) atoms. The van der Waals surface area contributed by atoms with Gasteiger partial charge in [0.25, 0.3) is 0 Å². The Morgan fingerprint density at radius 1 is 1.47 bits per heavy atom. The molecular formula is C13H20N2. The molecule has 0 bridgehead atoms. The van der Waals surface area contributed by atoms with Crippen molar-refractivity contribution in [1.82, 2.24) is 9.88 Å². The molecule has 0 aliphatic heterocycles. The smallest absolute Gasteiger partial charge is 0.0375 e. The zero-order chi connectivity index (χ0) is 10.7. The van der Waals surface area contributed by atoms with Crippen LogP contribution in [-0.2, 0) is 6.54 Å². The van der Waals surface area contributed by atoms with Gasteiger partial charge in [0.15, 0.2) is 0 Å². The molecule has 1 aromatic rings. The Morgan fingerprint density at radius 3 is 2.87 bits per heavy atom. The first-order valence-electron chi connectivity index (χ1n) is 5.95. The largest absolute Gasteiger partial charge is 0.296 e. The van der Waals surface area contributed by atoms with Gasteiger partial charge in [-0.05, 0) is 50.4 Å². The fourth-order valence-corrected chi connectivity index (χ4v) is 2.05. The molecule has 0 atom stereocenters. The highest BCUT2D eigenvalue weighted by molar-refractivity contribution is 5.15. The molecule has 1 saturated carbocycles. The van der Waals surface area contributed by atoms with Gasteiger partial charge in [-0.25, -0.2) is 0 Å². The van der Waals surface area contributed by atoms with Crippen LogP contribution in [0.1, 0.15) is 37.4 Å². The second kappa shape index (κ2) is 4.75. The van der Waals surface area contributed by atoms with E-state index in [2.05, 4.69) is 35.9 Å². The van der Waals surface area contributed by atoms with Crippen LogP contribution in [-0.4, -0.2) is 22.5 Å². The van der Waals surface area contributed by atoms with Gasteiger partial charge in [-0.2, -0.15) is 0 Å². The third-order valence-electron chi connectivity index (χ3n) is 2.92. The van der Waals surface area contributed by atoms with Crippen LogP contribution in [0.3, 0.4) is 0 Å². The number of rotatable bonds is 5. The van der Waals surface area contributed by atoms with Crippen molar-refractivity contribution in [2.75, 3.05) is 6.54 Å². The average Bonchev–Trinajstić information content (AvgIpc) is 3.00. The summed E-state index contributed by atoms with van der Waals surface area (Å²) in [5, 5.41) is 0. The molecule has 0 N–H and O–H groups in total. The quantitative estimate of drug-likeness (QED) is 0.733.